The Morgan fingerprint density at radius 3 is 2.79 bits per heavy atom. The molecule has 2 unspecified atom stereocenters. The first-order chi connectivity index (χ1) is 6.79. The number of nitrogens with one attached hydrogen (secondary N) is 2. The highest BCUT2D eigenvalue weighted by Crippen LogP contribution is 2.23. The van der Waals surface area contributed by atoms with Crippen LogP contribution >= 0.6 is 0 Å². The second kappa shape index (κ2) is 4.60. The zero-order valence-electron chi connectivity index (χ0n) is 9.25. The smallest absolute Gasteiger partial charge is 0.0601 e. The third-order valence-electron chi connectivity index (χ3n) is 3.75. The van der Waals surface area contributed by atoms with Gasteiger partial charge in [-0.1, -0.05) is 6.92 Å². The van der Waals surface area contributed by atoms with Crippen molar-refractivity contribution in [1.82, 2.24) is 10.6 Å². The highest BCUT2D eigenvalue weighted by atomic mass is 16.5. The average molecular weight is 198 g/mol. The van der Waals surface area contributed by atoms with Gasteiger partial charge in [-0.05, 0) is 31.7 Å². The lowest BCUT2D eigenvalue weighted by atomic mass is 9.89. The molecule has 82 valence electrons. The highest BCUT2D eigenvalue weighted by Gasteiger charge is 2.30. The highest BCUT2D eigenvalue weighted by molar-refractivity contribution is 4.89. The molecule has 0 amide bonds. The summed E-state index contributed by atoms with van der Waals surface area (Å²) >= 11 is 0. The quantitative estimate of drug-likeness (QED) is 0.699. The summed E-state index contributed by atoms with van der Waals surface area (Å²) in [4.78, 5) is 0. The van der Waals surface area contributed by atoms with Crippen molar-refractivity contribution in [3.63, 3.8) is 0 Å². The average Bonchev–Trinajstić information content (AvgIpc) is 2.49. The molecular formula is C11H22N2O. The first-order valence-corrected chi connectivity index (χ1v) is 5.79. The number of hydrogen-bond donors (Lipinski definition) is 2. The molecule has 3 heteroatoms. The zero-order chi connectivity index (χ0) is 9.97. The first kappa shape index (κ1) is 10.4. The molecule has 0 radical (unpaired) electrons. The van der Waals surface area contributed by atoms with Gasteiger partial charge in [0, 0.05) is 25.7 Å². The van der Waals surface area contributed by atoms with Crippen LogP contribution in [0.5, 0.6) is 0 Å². The Labute approximate surface area is 86.6 Å². The van der Waals surface area contributed by atoms with Gasteiger partial charge in [0.15, 0.2) is 0 Å². The lowest BCUT2D eigenvalue weighted by molar-refractivity contribution is 0.0168. The van der Waals surface area contributed by atoms with Gasteiger partial charge in [0.1, 0.15) is 0 Å². The number of rotatable bonds is 4. The van der Waals surface area contributed by atoms with Gasteiger partial charge >= 0.3 is 0 Å². The summed E-state index contributed by atoms with van der Waals surface area (Å²) in [5, 5.41) is 7.15. The van der Waals surface area contributed by atoms with E-state index in [-0.39, 0.29) is 0 Å². The van der Waals surface area contributed by atoms with E-state index in [4.69, 9.17) is 4.74 Å². The van der Waals surface area contributed by atoms with E-state index in [1.807, 2.05) is 7.11 Å². The van der Waals surface area contributed by atoms with Crippen molar-refractivity contribution < 1.29 is 4.74 Å². The lowest BCUT2D eigenvalue weighted by Crippen LogP contribution is -2.49. The normalized spacial score (nSPS) is 42.4. The Bertz CT molecular complexity index is 180. The standard InChI is InChI=1S/C11H22N2O/c1-8-3-4-12-11(8)7-13-9-5-10(6-9)14-2/h8-13H,3-7H2,1-2H3. The Morgan fingerprint density at radius 2 is 2.21 bits per heavy atom. The van der Waals surface area contributed by atoms with Crippen LogP contribution in [0.15, 0.2) is 0 Å². The molecule has 1 aliphatic heterocycles. The van der Waals surface area contributed by atoms with Crippen LogP contribution in [-0.4, -0.2) is 38.4 Å². The van der Waals surface area contributed by atoms with E-state index < -0.39 is 0 Å². The molecule has 2 atom stereocenters. The molecule has 0 spiro atoms. The Morgan fingerprint density at radius 1 is 1.43 bits per heavy atom. The summed E-state index contributed by atoms with van der Waals surface area (Å²) in [5.41, 5.74) is 0. The monoisotopic (exact) mass is 198 g/mol. The lowest BCUT2D eigenvalue weighted by Gasteiger charge is -2.35. The van der Waals surface area contributed by atoms with Crippen LogP contribution in [0.2, 0.25) is 0 Å². The molecule has 3 nitrogen and oxygen atoms in total. The fourth-order valence-electron chi connectivity index (χ4n) is 2.39. The SMILES string of the molecule is COC1CC(NCC2NCCC2C)C1. The van der Waals surface area contributed by atoms with E-state index in [0.29, 0.717) is 18.2 Å². The van der Waals surface area contributed by atoms with Crippen LogP contribution in [0, 0.1) is 5.92 Å². The first-order valence-electron chi connectivity index (χ1n) is 5.79. The maximum Gasteiger partial charge on any atom is 0.0601 e. The largest absolute Gasteiger partial charge is 0.381 e. The van der Waals surface area contributed by atoms with E-state index in [9.17, 15) is 0 Å². The van der Waals surface area contributed by atoms with Gasteiger partial charge in [-0.25, -0.2) is 0 Å². The van der Waals surface area contributed by atoms with Crippen LogP contribution in [0.25, 0.3) is 0 Å². The molecule has 0 aromatic rings. The summed E-state index contributed by atoms with van der Waals surface area (Å²) in [5.74, 6) is 0.834. The minimum atomic E-state index is 0.515. The minimum Gasteiger partial charge on any atom is -0.381 e. The Balaban J connectivity index is 1.59. The van der Waals surface area contributed by atoms with Gasteiger partial charge in [-0.2, -0.15) is 0 Å². The molecule has 1 heterocycles. The van der Waals surface area contributed by atoms with Crippen molar-refractivity contribution in [3.05, 3.63) is 0 Å². The summed E-state index contributed by atoms with van der Waals surface area (Å²) in [6.07, 6.45) is 4.23. The van der Waals surface area contributed by atoms with Crippen molar-refractivity contribution in [2.24, 2.45) is 5.92 Å². The van der Waals surface area contributed by atoms with Gasteiger partial charge in [0.25, 0.3) is 0 Å². The second-order valence-corrected chi connectivity index (χ2v) is 4.76. The molecule has 2 fully saturated rings. The van der Waals surface area contributed by atoms with Gasteiger partial charge in [0.2, 0.25) is 0 Å². The van der Waals surface area contributed by atoms with Crippen LogP contribution in [0.3, 0.4) is 0 Å². The number of methoxy groups -OCH3 is 1. The molecule has 14 heavy (non-hydrogen) atoms. The molecule has 1 saturated heterocycles. The van der Waals surface area contributed by atoms with E-state index in [1.165, 1.54) is 25.8 Å². The van der Waals surface area contributed by atoms with Crippen molar-refractivity contribution in [2.75, 3.05) is 20.2 Å². The van der Waals surface area contributed by atoms with Crippen molar-refractivity contribution in [1.29, 1.82) is 0 Å². The Hall–Kier alpha value is -0.120. The molecule has 2 rings (SSSR count). The third kappa shape index (κ3) is 2.27. The fourth-order valence-corrected chi connectivity index (χ4v) is 2.39. The maximum atomic E-state index is 5.25. The summed E-state index contributed by atoms with van der Waals surface area (Å²) in [7, 11) is 1.81. The summed E-state index contributed by atoms with van der Waals surface area (Å²) < 4.78 is 5.25. The van der Waals surface area contributed by atoms with Crippen LogP contribution in [0.1, 0.15) is 26.2 Å². The molecule has 2 N–H and O–H groups in total. The van der Waals surface area contributed by atoms with Crippen molar-refractivity contribution in [3.8, 4) is 0 Å². The molecule has 2 aliphatic rings. The van der Waals surface area contributed by atoms with Crippen molar-refractivity contribution in [2.45, 2.75) is 44.4 Å². The maximum absolute atomic E-state index is 5.25. The summed E-state index contributed by atoms with van der Waals surface area (Å²) in [6, 6.07) is 1.39. The third-order valence-corrected chi connectivity index (χ3v) is 3.75. The van der Waals surface area contributed by atoms with E-state index in [0.717, 1.165) is 12.5 Å². The summed E-state index contributed by atoms with van der Waals surface area (Å²) in [6.45, 7) is 4.66. The molecular weight excluding hydrogens is 176 g/mol. The topological polar surface area (TPSA) is 33.3 Å². The van der Waals surface area contributed by atoms with Gasteiger partial charge < -0.3 is 15.4 Å². The number of hydrogen-bond acceptors (Lipinski definition) is 3. The Kier molecular flexibility index (Phi) is 3.42. The molecule has 1 saturated carbocycles. The van der Waals surface area contributed by atoms with Crippen molar-refractivity contribution >= 4 is 0 Å². The zero-order valence-corrected chi connectivity index (χ0v) is 9.25. The predicted molar refractivity (Wildman–Crippen MR) is 57.4 cm³/mol. The van der Waals surface area contributed by atoms with Gasteiger partial charge in [-0.15, -0.1) is 0 Å². The second-order valence-electron chi connectivity index (χ2n) is 4.76. The molecule has 0 aromatic carbocycles. The molecule has 0 aromatic heterocycles. The van der Waals surface area contributed by atoms with Crippen LogP contribution in [-0.2, 0) is 4.74 Å². The molecule has 1 aliphatic carbocycles. The van der Waals surface area contributed by atoms with E-state index >= 15 is 0 Å². The van der Waals surface area contributed by atoms with Crippen LogP contribution in [0.4, 0.5) is 0 Å². The van der Waals surface area contributed by atoms with E-state index in [1.54, 1.807) is 0 Å². The van der Waals surface area contributed by atoms with Gasteiger partial charge in [-0.3, -0.25) is 0 Å². The minimum absolute atomic E-state index is 0.515. The predicted octanol–water partition coefficient (Wildman–Crippen LogP) is 0.751. The fraction of sp³-hybridized carbons (Fsp3) is 1.00. The van der Waals surface area contributed by atoms with Gasteiger partial charge in [0.05, 0.1) is 6.10 Å². The molecule has 0 bridgehead atoms. The van der Waals surface area contributed by atoms with E-state index in [2.05, 4.69) is 17.6 Å². The number of ether oxygens (including phenoxy) is 1. The van der Waals surface area contributed by atoms with Crippen LogP contribution < -0.4 is 10.6 Å².